The van der Waals surface area contributed by atoms with Gasteiger partial charge in [-0.3, -0.25) is 0 Å². The van der Waals surface area contributed by atoms with Crippen molar-refractivity contribution < 1.29 is 9.18 Å². The fourth-order valence-electron chi connectivity index (χ4n) is 3.01. The Morgan fingerprint density at radius 3 is 1.97 bits per heavy atom. The van der Waals surface area contributed by atoms with Gasteiger partial charge in [-0.25, -0.2) is 9.18 Å². The lowest BCUT2D eigenvalue weighted by atomic mass is 9.97. The van der Waals surface area contributed by atoms with E-state index >= 15 is 0 Å². The highest BCUT2D eigenvalue weighted by atomic mass is 19.1. The molecule has 0 aliphatic heterocycles. The number of anilines is 1. The molecule has 3 aromatic carbocycles. The Labute approximate surface area is 170 Å². The second kappa shape index (κ2) is 10.2. The van der Waals surface area contributed by atoms with Crippen LogP contribution < -0.4 is 11.1 Å². The van der Waals surface area contributed by atoms with E-state index in [0.717, 1.165) is 16.7 Å². The van der Waals surface area contributed by atoms with Crippen LogP contribution in [0.5, 0.6) is 0 Å². The van der Waals surface area contributed by atoms with E-state index in [-0.39, 0.29) is 11.8 Å². The number of carbonyl (C=O) groups excluding carboxylic acids is 1. The normalized spacial score (nSPS) is 10.3. The summed E-state index contributed by atoms with van der Waals surface area (Å²) in [4.78, 5) is 14.3. The number of carbonyl (C=O) groups is 1. The van der Waals surface area contributed by atoms with Crippen molar-refractivity contribution in [2.45, 2.75) is 0 Å². The molecule has 0 heterocycles. The van der Waals surface area contributed by atoms with Crippen LogP contribution in [0.25, 0.3) is 5.57 Å². The van der Waals surface area contributed by atoms with E-state index in [4.69, 9.17) is 5.73 Å². The molecule has 0 spiro atoms. The van der Waals surface area contributed by atoms with E-state index in [1.54, 1.807) is 4.90 Å². The lowest BCUT2D eigenvalue weighted by Crippen LogP contribution is -2.38. The average Bonchev–Trinajstić information content (AvgIpc) is 2.76. The third-order valence-electron chi connectivity index (χ3n) is 4.47. The van der Waals surface area contributed by atoms with Crippen molar-refractivity contribution in [3.05, 3.63) is 108 Å². The van der Waals surface area contributed by atoms with Crippen molar-refractivity contribution in [1.82, 2.24) is 4.90 Å². The molecule has 5 heteroatoms. The fraction of sp³-hybridized carbons (Fsp3) is 0.125. The lowest BCUT2D eigenvalue weighted by molar-refractivity contribution is 0.218. The Bertz CT molecular complexity index is 899. The van der Waals surface area contributed by atoms with Gasteiger partial charge < -0.3 is 16.0 Å². The zero-order valence-electron chi connectivity index (χ0n) is 16.1. The predicted octanol–water partition coefficient (Wildman–Crippen LogP) is 4.75. The number of hydrogen-bond donors (Lipinski definition) is 2. The van der Waals surface area contributed by atoms with Crippen LogP contribution in [0.2, 0.25) is 0 Å². The van der Waals surface area contributed by atoms with Gasteiger partial charge in [0, 0.05) is 25.3 Å². The molecule has 3 N–H and O–H groups in total. The minimum Gasteiger partial charge on any atom is -0.329 e. The number of amides is 2. The molecule has 3 aromatic rings. The summed E-state index contributed by atoms with van der Waals surface area (Å²) in [5, 5.41) is 2.79. The van der Waals surface area contributed by atoms with Crippen LogP contribution in [-0.2, 0) is 0 Å². The highest BCUT2D eigenvalue weighted by Crippen LogP contribution is 2.23. The van der Waals surface area contributed by atoms with Crippen LogP contribution in [0.4, 0.5) is 14.9 Å². The quantitative estimate of drug-likeness (QED) is 0.613. The topological polar surface area (TPSA) is 58.4 Å². The van der Waals surface area contributed by atoms with Gasteiger partial charge in [0.1, 0.15) is 5.82 Å². The maximum Gasteiger partial charge on any atom is 0.322 e. The van der Waals surface area contributed by atoms with E-state index in [2.05, 4.69) is 5.32 Å². The minimum absolute atomic E-state index is 0.279. The first-order chi connectivity index (χ1) is 14.2. The van der Waals surface area contributed by atoms with Crippen LogP contribution in [0, 0.1) is 5.82 Å². The van der Waals surface area contributed by atoms with Gasteiger partial charge in [0.25, 0.3) is 0 Å². The third kappa shape index (κ3) is 5.77. The van der Waals surface area contributed by atoms with E-state index < -0.39 is 0 Å². The van der Waals surface area contributed by atoms with Gasteiger partial charge in [-0.2, -0.15) is 0 Å². The van der Waals surface area contributed by atoms with Crippen molar-refractivity contribution in [2.75, 3.05) is 25.0 Å². The molecule has 0 atom stereocenters. The number of rotatable bonds is 7. The summed E-state index contributed by atoms with van der Waals surface area (Å²) in [5.74, 6) is -0.347. The molecule has 0 aliphatic rings. The first-order valence-corrected chi connectivity index (χ1v) is 9.50. The third-order valence-corrected chi connectivity index (χ3v) is 4.47. The summed E-state index contributed by atoms with van der Waals surface area (Å²) in [6, 6.07) is 25.5. The minimum atomic E-state index is -0.347. The summed E-state index contributed by atoms with van der Waals surface area (Å²) in [6.45, 7) is 1.14. The molecule has 4 nitrogen and oxygen atoms in total. The van der Waals surface area contributed by atoms with Crippen LogP contribution >= 0.6 is 0 Å². The zero-order chi connectivity index (χ0) is 20.5. The van der Waals surface area contributed by atoms with E-state index in [9.17, 15) is 9.18 Å². The monoisotopic (exact) mass is 389 g/mol. The first kappa shape index (κ1) is 20.3. The summed E-state index contributed by atoms with van der Waals surface area (Å²) in [6.07, 6.45) is 2.03. The second-order valence-electron chi connectivity index (χ2n) is 6.52. The van der Waals surface area contributed by atoms with E-state index in [1.807, 2.05) is 66.7 Å². The Morgan fingerprint density at radius 1 is 0.897 bits per heavy atom. The van der Waals surface area contributed by atoms with Gasteiger partial charge in [-0.05, 0) is 41.0 Å². The first-order valence-electron chi connectivity index (χ1n) is 9.50. The molecule has 0 radical (unpaired) electrons. The van der Waals surface area contributed by atoms with Gasteiger partial charge in [0.15, 0.2) is 0 Å². The average molecular weight is 389 g/mol. The Morgan fingerprint density at radius 2 is 1.45 bits per heavy atom. The van der Waals surface area contributed by atoms with Gasteiger partial charge in [-0.1, -0.05) is 66.7 Å². The van der Waals surface area contributed by atoms with E-state index in [1.165, 1.54) is 24.3 Å². The number of benzene rings is 3. The predicted molar refractivity (Wildman–Crippen MR) is 116 cm³/mol. The van der Waals surface area contributed by atoms with E-state index in [0.29, 0.717) is 25.3 Å². The van der Waals surface area contributed by atoms with Crippen LogP contribution in [0.15, 0.2) is 91.0 Å². The maximum absolute atomic E-state index is 13.1. The molecule has 0 aliphatic carbocycles. The highest BCUT2D eigenvalue weighted by molar-refractivity contribution is 5.89. The Kier molecular flexibility index (Phi) is 7.14. The van der Waals surface area contributed by atoms with Gasteiger partial charge in [0.05, 0.1) is 0 Å². The standard InChI is InChI=1S/C24H24FN3O/c25-21-11-13-22(14-12-21)27-24(29)28(18-16-26)17-15-23(19-7-3-1-4-8-19)20-9-5-2-6-10-20/h1-15H,16-18,26H2,(H,27,29). The molecule has 0 saturated carbocycles. The fourth-order valence-corrected chi connectivity index (χ4v) is 3.01. The van der Waals surface area contributed by atoms with Crippen LogP contribution in [-0.4, -0.2) is 30.6 Å². The molecule has 0 saturated heterocycles. The van der Waals surface area contributed by atoms with Crippen molar-refractivity contribution in [3.8, 4) is 0 Å². The van der Waals surface area contributed by atoms with Gasteiger partial charge in [-0.15, -0.1) is 0 Å². The summed E-state index contributed by atoms with van der Waals surface area (Å²) >= 11 is 0. The highest BCUT2D eigenvalue weighted by Gasteiger charge is 2.13. The number of halogens is 1. The molecule has 3 rings (SSSR count). The van der Waals surface area contributed by atoms with Crippen LogP contribution in [0.1, 0.15) is 11.1 Å². The molecule has 0 bridgehead atoms. The molecule has 0 unspecified atom stereocenters. The molecular formula is C24H24FN3O. The molecule has 0 aromatic heterocycles. The second-order valence-corrected chi connectivity index (χ2v) is 6.52. The Balaban J connectivity index is 1.82. The Hall–Kier alpha value is -3.44. The number of nitrogens with two attached hydrogens (primary N) is 1. The number of nitrogens with zero attached hydrogens (tertiary/aromatic N) is 1. The number of urea groups is 1. The van der Waals surface area contributed by atoms with Crippen LogP contribution in [0.3, 0.4) is 0 Å². The molecule has 2 amide bonds. The lowest BCUT2D eigenvalue weighted by Gasteiger charge is -2.22. The maximum atomic E-state index is 13.1. The van der Waals surface area contributed by atoms with Gasteiger partial charge in [0.2, 0.25) is 0 Å². The molecule has 148 valence electrons. The summed E-state index contributed by atoms with van der Waals surface area (Å²) in [5.41, 5.74) is 9.45. The molecule has 0 fully saturated rings. The summed E-state index contributed by atoms with van der Waals surface area (Å²) in [7, 11) is 0. The van der Waals surface area contributed by atoms with Crippen molar-refractivity contribution in [1.29, 1.82) is 0 Å². The molecular weight excluding hydrogens is 365 g/mol. The SMILES string of the molecule is NCCN(CC=C(c1ccccc1)c1ccccc1)C(=O)Nc1ccc(F)cc1. The number of nitrogens with one attached hydrogen (secondary N) is 1. The largest absolute Gasteiger partial charge is 0.329 e. The number of hydrogen-bond acceptors (Lipinski definition) is 2. The smallest absolute Gasteiger partial charge is 0.322 e. The molecule has 29 heavy (non-hydrogen) atoms. The zero-order valence-corrected chi connectivity index (χ0v) is 16.1. The van der Waals surface area contributed by atoms with Crippen molar-refractivity contribution in [2.24, 2.45) is 5.73 Å². The van der Waals surface area contributed by atoms with Crippen molar-refractivity contribution >= 4 is 17.3 Å². The summed E-state index contributed by atoms with van der Waals surface area (Å²) < 4.78 is 13.1. The van der Waals surface area contributed by atoms with Gasteiger partial charge >= 0.3 is 6.03 Å². The van der Waals surface area contributed by atoms with Crippen molar-refractivity contribution in [3.63, 3.8) is 0 Å².